The number of anilines is 1. The van der Waals surface area contributed by atoms with Crippen LogP contribution >= 0.6 is 0 Å². The van der Waals surface area contributed by atoms with Crippen LogP contribution in [0.25, 0.3) is 0 Å². The zero-order valence-corrected chi connectivity index (χ0v) is 10.1. The van der Waals surface area contributed by atoms with Crippen molar-refractivity contribution in [1.82, 2.24) is 4.98 Å². The lowest BCUT2D eigenvalue weighted by atomic mass is 10.3. The minimum Gasteiger partial charge on any atom is -0.493 e. The fourth-order valence-corrected chi connectivity index (χ4v) is 1.46. The predicted molar refractivity (Wildman–Crippen MR) is 68.4 cm³/mol. The van der Waals surface area contributed by atoms with Crippen molar-refractivity contribution in [2.45, 2.75) is 0 Å². The van der Waals surface area contributed by atoms with Crippen molar-refractivity contribution >= 4 is 11.4 Å². The van der Waals surface area contributed by atoms with Gasteiger partial charge >= 0.3 is 0 Å². The standard InChI is InChI=1S/C12H11N3O4/c1-18-11-3-2-8(15(16)17)6-12(11)19-10-4-5-14-7-9(10)13/h2-7H,13H2,1H3. The Bertz CT molecular complexity index is 616. The van der Waals surface area contributed by atoms with Crippen molar-refractivity contribution in [1.29, 1.82) is 0 Å². The highest BCUT2D eigenvalue weighted by molar-refractivity contribution is 5.55. The van der Waals surface area contributed by atoms with Gasteiger partial charge in [-0.1, -0.05) is 0 Å². The molecule has 19 heavy (non-hydrogen) atoms. The van der Waals surface area contributed by atoms with Gasteiger partial charge in [-0.05, 0) is 6.07 Å². The monoisotopic (exact) mass is 261 g/mol. The fraction of sp³-hybridized carbons (Fsp3) is 0.0833. The smallest absolute Gasteiger partial charge is 0.273 e. The minimum atomic E-state index is -0.512. The van der Waals surface area contributed by atoms with E-state index in [4.69, 9.17) is 15.2 Å². The zero-order valence-electron chi connectivity index (χ0n) is 10.1. The highest BCUT2D eigenvalue weighted by atomic mass is 16.6. The number of nitrogens with zero attached hydrogens (tertiary/aromatic N) is 2. The quantitative estimate of drug-likeness (QED) is 0.669. The lowest BCUT2D eigenvalue weighted by molar-refractivity contribution is -0.384. The molecular formula is C12H11N3O4. The molecule has 98 valence electrons. The number of aromatic nitrogens is 1. The van der Waals surface area contributed by atoms with Gasteiger partial charge in [-0.2, -0.15) is 0 Å². The molecule has 1 aromatic carbocycles. The summed E-state index contributed by atoms with van der Waals surface area (Å²) in [7, 11) is 1.45. The molecule has 1 heterocycles. The summed E-state index contributed by atoms with van der Waals surface area (Å²) in [6, 6.07) is 5.64. The van der Waals surface area contributed by atoms with Gasteiger partial charge in [0.15, 0.2) is 17.2 Å². The average Bonchev–Trinajstić information content (AvgIpc) is 2.41. The first-order valence-corrected chi connectivity index (χ1v) is 5.31. The van der Waals surface area contributed by atoms with Crippen LogP contribution in [0.3, 0.4) is 0 Å². The fourth-order valence-electron chi connectivity index (χ4n) is 1.46. The van der Waals surface area contributed by atoms with Gasteiger partial charge in [0.2, 0.25) is 0 Å². The Balaban J connectivity index is 2.40. The normalized spacial score (nSPS) is 9.95. The highest BCUT2D eigenvalue weighted by Crippen LogP contribution is 2.36. The second-order valence-corrected chi connectivity index (χ2v) is 3.61. The van der Waals surface area contributed by atoms with E-state index in [0.29, 0.717) is 17.2 Å². The Morgan fingerprint density at radius 3 is 2.68 bits per heavy atom. The van der Waals surface area contributed by atoms with Crippen molar-refractivity contribution in [3.63, 3.8) is 0 Å². The van der Waals surface area contributed by atoms with Crippen LogP contribution < -0.4 is 15.2 Å². The summed E-state index contributed by atoms with van der Waals surface area (Å²) in [6.45, 7) is 0. The lowest BCUT2D eigenvalue weighted by Gasteiger charge is -2.11. The molecule has 7 nitrogen and oxygen atoms in total. The molecule has 7 heteroatoms. The van der Waals surface area contributed by atoms with Crippen molar-refractivity contribution in [2.75, 3.05) is 12.8 Å². The molecule has 0 bridgehead atoms. The molecule has 2 N–H and O–H groups in total. The second kappa shape index (κ2) is 5.21. The Morgan fingerprint density at radius 2 is 2.05 bits per heavy atom. The van der Waals surface area contributed by atoms with Crippen LogP contribution in [0.15, 0.2) is 36.7 Å². The largest absolute Gasteiger partial charge is 0.493 e. The third kappa shape index (κ3) is 2.71. The first-order chi connectivity index (χ1) is 9.11. The van der Waals surface area contributed by atoms with Gasteiger partial charge < -0.3 is 15.2 Å². The van der Waals surface area contributed by atoms with Gasteiger partial charge in [-0.25, -0.2) is 0 Å². The van der Waals surface area contributed by atoms with Crippen LogP contribution in [-0.4, -0.2) is 17.0 Å². The van der Waals surface area contributed by atoms with Crippen LogP contribution in [0.1, 0.15) is 0 Å². The van der Waals surface area contributed by atoms with Gasteiger partial charge in [-0.3, -0.25) is 15.1 Å². The number of hydrogen-bond acceptors (Lipinski definition) is 6. The summed E-state index contributed by atoms with van der Waals surface area (Å²) in [5.41, 5.74) is 5.93. The maximum atomic E-state index is 10.7. The molecule has 0 spiro atoms. The molecule has 0 fully saturated rings. The Kier molecular flexibility index (Phi) is 3.46. The number of ether oxygens (including phenoxy) is 2. The van der Waals surface area contributed by atoms with Crippen molar-refractivity contribution in [3.05, 3.63) is 46.8 Å². The number of rotatable bonds is 4. The van der Waals surface area contributed by atoms with Crippen LogP contribution in [0.4, 0.5) is 11.4 Å². The van der Waals surface area contributed by atoms with Gasteiger partial charge in [-0.15, -0.1) is 0 Å². The number of nitro benzene ring substituents is 1. The molecule has 0 saturated heterocycles. The lowest BCUT2D eigenvalue weighted by Crippen LogP contribution is -1.96. The number of nitrogens with two attached hydrogens (primary N) is 1. The molecule has 0 aliphatic heterocycles. The van der Waals surface area contributed by atoms with Crippen molar-refractivity contribution < 1.29 is 14.4 Å². The van der Waals surface area contributed by atoms with E-state index in [1.165, 1.54) is 37.7 Å². The summed E-state index contributed by atoms with van der Waals surface area (Å²) in [6.07, 6.45) is 2.94. The molecule has 2 aromatic rings. The van der Waals surface area contributed by atoms with Crippen molar-refractivity contribution in [2.24, 2.45) is 0 Å². The number of nitro groups is 1. The third-order valence-electron chi connectivity index (χ3n) is 2.39. The minimum absolute atomic E-state index is 0.0940. The van der Waals surface area contributed by atoms with Gasteiger partial charge in [0.05, 0.1) is 30.0 Å². The number of hydrogen-bond donors (Lipinski definition) is 1. The molecule has 0 amide bonds. The molecule has 0 aliphatic rings. The van der Waals surface area contributed by atoms with Gasteiger partial charge in [0, 0.05) is 18.3 Å². The number of benzene rings is 1. The maximum absolute atomic E-state index is 10.7. The number of non-ortho nitro benzene ring substituents is 1. The van der Waals surface area contributed by atoms with E-state index in [2.05, 4.69) is 4.98 Å². The molecule has 0 unspecified atom stereocenters. The number of nitrogen functional groups attached to an aromatic ring is 1. The molecule has 0 aliphatic carbocycles. The Hall–Kier alpha value is -2.83. The first-order valence-electron chi connectivity index (χ1n) is 5.31. The SMILES string of the molecule is COc1ccc([N+](=O)[O-])cc1Oc1ccncc1N. The van der Waals surface area contributed by atoms with E-state index in [1.807, 2.05) is 0 Å². The molecule has 0 radical (unpaired) electrons. The van der Waals surface area contributed by atoms with E-state index in [1.54, 1.807) is 6.07 Å². The summed E-state index contributed by atoms with van der Waals surface area (Å²) < 4.78 is 10.6. The van der Waals surface area contributed by atoms with E-state index in [-0.39, 0.29) is 11.4 Å². The van der Waals surface area contributed by atoms with Gasteiger partial charge in [0.25, 0.3) is 5.69 Å². The number of pyridine rings is 1. The summed E-state index contributed by atoms with van der Waals surface area (Å²) in [4.78, 5) is 14.1. The molecule has 1 aromatic heterocycles. The van der Waals surface area contributed by atoms with E-state index in [9.17, 15) is 10.1 Å². The second-order valence-electron chi connectivity index (χ2n) is 3.61. The topological polar surface area (TPSA) is 101 Å². The molecular weight excluding hydrogens is 250 g/mol. The zero-order chi connectivity index (χ0) is 13.8. The summed E-state index contributed by atoms with van der Waals surface area (Å²) >= 11 is 0. The molecule has 0 atom stereocenters. The Labute approximate surface area is 108 Å². The third-order valence-corrected chi connectivity index (χ3v) is 2.39. The van der Waals surface area contributed by atoms with Crippen LogP contribution in [0, 0.1) is 10.1 Å². The summed E-state index contributed by atoms with van der Waals surface area (Å²) in [5, 5.41) is 10.7. The van der Waals surface area contributed by atoms with E-state index >= 15 is 0 Å². The van der Waals surface area contributed by atoms with Crippen LogP contribution in [0.5, 0.6) is 17.2 Å². The Morgan fingerprint density at radius 1 is 1.26 bits per heavy atom. The first kappa shape index (κ1) is 12.6. The van der Waals surface area contributed by atoms with E-state index in [0.717, 1.165) is 0 Å². The van der Waals surface area contributed by atoms with Gasteiger partial charge in [0.1, 0.15) is 0 Å². The van der Waals surface area contributed by atoms with Crippen molar-refractivity contribution in [3.8, 4) is 17.2 Å². The summed E-state index contributed by atoms with van der Waals surface area (Å²) in [5.74, 6) is 0.949. The van der Waals surface area contributed by atoms with Crippen LogP contribution in [-0.2, 0) is 0 Å². The molecule has 0 saturated carbocycles. The van der Waals surface area contributed by atoms with E-state index < -0.39 is 4.92 Å². The highest BCUT2D eigenvalue weighted by Gasteiger charge is 2.14. The number of methoxy groups -OCH3 is 1. The van der Waals surface area contributed by atoms with Crippen LogP contribution in [0.2, 0.25) is 0 Å². The molecule has 2 rings (SSSR count). The maximum Gasteiger partial charge on any atom is 0.273 e. The average molecular weight is 261 g/mol. The predicted octanol–water partition coefficient (Wildman–Crippen LogP) is 2.37.